The van der Waals surface area contributed by atoms with Crippen LogP contribution in [0.1, 0.15) is 30.2 Å². The molecule has 0 bridgehead atoms. The molecule has 0 aliphatic carbocycles. The second-order valence-electron chi connectivity index (χ2n) is 8.25. The average Bonchev–Trinajstić information content (AvgIpc) is 3.29. The number of rotatable bonds is 9. The van der Waals surface area contributed by atoms with Crippen LogP contribution in [0.4, 0.5) is 0 Å². The summed E-state index contributed by atoms with van der Waals surface area (Å²) in [6.45, 7) is 3.27. The van der Waals surface area contributed by atoms with Crippen LogP contribution >= 0.6 is 11.6 Å². The molecule has 11 nitrogen and oxygen atoms in total. The van der Waals surface area contributed by atoms with E-state index in [4.69, 9.17) is 21.1 Å². The minimum absolute atomic E-state index is 0.0557. The van der Waals surface area contributed by atoms with Gasteiger partial charge in [-0.2, -0.15) is 0 Å². The van der Waals surface area contributed by atoms with Gasteiger partial charge in [0.15, 0.2) is 27.3 Å². The third-order valence-corrected chi connectivity index (χ3v) is 7.98. The first kappa shape index (κ1) is 26.5. The smallest absolute Gasteiger partial charge is 0.170 e. The summed E-state index contributed by atoms with van der Waals surface area (Å²) in [6, 6.07) is 7.05. The zero-order valence-corrected chi connectivity index (χ0v) is 22.1. The molecule has 3 heterocycles. The summed E-state index contributed by atoms with van der Waals surface area (Å²) in [6.07, 6.45) is 4.40. The van der Waals surface area contributed by atoms with Crippen LogP contribution in [0.3, 0.4) is 0 Å². The Hall–Kier alpha value is -3.61. The van der Waals surface area contributed by atoms with E-state index in [2.05, 4.69) is 25.1 Å². The van der Waals surface area contributed by atoms with Crippen LogP contribution in [0.15, 0.2) is 49.1 Å². The van der Waals surface area contributed by atoms with Crippen molar-refractivity contribution in [2.24, 2.45) is 0 Å². The van der Waals surface area contributed by atoms with Crippen molar-refractivity contribution in [3.8, 4) is 28.6 Å². The van der Waals surface area contributed by atoms with Crippen LogP contribution in [0, 0.1) is 6.92 Å². The van der Waals surface area contributed by atoms with E-state index < -0.39 is 26.9 Å². The Bertz CT molecular complexity index is 1490. The maximum atomic E-state index is 13.5. The molecule has 13 heteroatoms. The van der Waals surface area contributed by atoms with Crippen molar-refractivity contribution in [1.82, 2.24) is 29.7 Å². The summed E-state index contributed by atoms with van der Waals surface area (Å²) in [5.74, 6) is 0.671. The molecule has 0 radical (unpaired) electrons. The van der Waals surface area contributed by atoms with E-state index in [0.717, 1.165) is 5.56 Å². The lowest BCUT2D eigenvalue weighted by Gasteiger charge is -2.20. The van der Waals surface area contributed by atoms with E-state index in [1.54, 1.807) is 35.2 Å². The number of benzene rings is 1. The van der Waals surface area contributed by atoms with Crippen molar-refractivity contribution in [2.45, 2.75) is 31.0 Å². The van der Waals surface area contributed by atoms with Gasteiger partial charge in [0, 0.05) is 30.4 Å². The van der Waals surface area contributed by atoms with Gasteiger partial charge in [-0.05, 0) is 37.6 Å². The summed E-state index contributed by atoms with van der Waals surface area (Å²) in [5, 5.41) is 18.3. The summed E-state index contributed by atoms with van der Waals surface area (Å²) < 4.78 is 39.7. The fraction of sp³-hybridized carbons (Fsp3) is 0.292. The predicted octanol–water partition coefficient (Wildman–Crippen LogP) is 3.14. The Labute approximate surface area is 219 Å². The van der Waals surface area contributed by atoms with Gasteiger partial charge >= 0.3 is 0 Å². The highest BCUT2D eigenvalue weighted by atomic mass is 35.5. The third kappa shape index (κ3) is 5.41. The van der Waals surface area contributed by atoms with E-state index >= 15 is 0 Å². The van der Waals surface area contributed by atoms with E-state index in [1.165, 1.54) is 33.5 Å². The lowest BCUT2D eigenvalue weighted by atomic mass is 10.2. The molecular weight excluding hydrogens is 520 g/mol. The molecule has 3 aromatic heterocycles. The van der Waals surface area contributed by atoms with Gasteiger partial charge in [-0.3, -0.25) is 9.55 Å². The first-order chi connectivity index (χ1) is 17.7. The van der Waals surface area contributed by atoms with Crippen molar-refractivity contribution in [3.05, 3.63) is 71.3 Å². The molecule has 0 fully saturated rings. The molecular formula is C24H25ClN6O5S. The number of aromatic nitrogens is 6. The number of aryl methyl sites for hydroxylation is 1. The van der Waals surface area contributed by atoms with Crippen molar-refractivity contribution in [3.63, 3.8) is 0 Å². The summed E-state index contributed by atoms with van der Waals surface area (Å²) in [5.41, 5.74) is 1.92. The minimum Gasteiger partial charge on any atom is -0.494 e. The van der Waals surface area contributed by atoms with E-state index in [0.29, 0.717) is 28.6 Å². The number of para-hydroxylation sites is 1. The summed E-state index contributed by atoms with van der Waals surface area (Å²) in [4.78, 5) is 12.1. The van der Waals surface area contributed by atoms with Crippen LogP contribution in [-0.2, 0) is 15.6 Å². The van der Waals surface area contributed by atoms with Crippen LogP contribution in [0.5, 0.6) is 11.5 Å². The number of nitrogens with zero attached hydrogens (tertiary/aromatic N) is 6. The number of halogens is 1. The van der Waals surface area contributed by atoms with Gasteiger partial charge < -0.3 is 14.6 Å². The standard InChI is InChI=1S/C24H25ClN6O5S/c1-14-8-16(10-26-9-14)24-30-29-20(31(24)21-18(35-3)6-5-7-19(21)36-4)13-37(33,34)15(2)22(32)23-27-11-17(25)12-28-23/h5-12,15,22,32H,13H2,1-4H3/t15-,22+/m1/s1. The van der Waals surface area contributed by atoms with E-state index in [1.807, 2.05) is 13.0 Å². The molecule has 2 atom stereocenters. The summed E-state index contributed by atoms with van der Waals surface area (Å²) >= 11 is 5.81. The van der Waals surface area contributed by atoms with Gasteiger partial charge in [0.2, 0.25) is 0 Å². The van der Waals surface area contributed by atoms with Crippen LogP contribution < -0.4 is 9.47 Å². The Morgan fingerprint density at radius 2 is 1.70 bits per heavy atom. The number of pyridine rings is 1. The van der Waals surface area contributed by atoms with Gasteiger partial charge in [0.05, 0.1) is 24.5 Å². The second-order valence-corrected chi connectivity index (χ2v) is 11.0. The van der Waals surface area contributed by atoms with Crippen molar-refractivity contribution >= 4 is 21.4 Å². The monoisotopic (exact) mass is 544 g/mol. The molecule has 4 aromatic rings. The number of hydrogen-bond acceptors (Lipinski definition) is 10. The van der Waals surface area contributed by atoms with Gasteiger partial charge in [0.1, 0.15) is 29.0 Å². The molecule has 194 valence electrons. The maximum Gasteiger partial charge on any atom is 0.170 e. The van der Waals surface area contributed by atoms with Gasteiger partial charge in [-0.15, -0.1) is 10.2 Å². The zero-order chi connectivity index (χ0) is 26.7. The number of aliphatic hydroxyl groups excluding tert-OH is 1. The second kappa shape index (κ2) is 10.8. The lowest BCUT2D eigenvalue weighted by molar-refractivity contribution is 0.166. The first-order valence-electron chi connectivity index (χ1n) is 11.1. The highest BCUT2D eigenvalue weighted by Gasteiger charge is 2.34. The Morgan fingerprint density at radius 3 is 2.30 bits per heavy atom. The summed E-state index contributed by atoms with van der Waals surface area (Å²) in [7, 11) is -1.01. The number of aliphatic hydroxyl groups is 1. The quantitative estimate of drug-likeness (QED) is 0.334. The molecule has 0 saturated heterocycles. The van der Waals surface area contributed by atoms with Crippen molar-refractivity contribution in [1.29, 1.82) is 0 Å². The Balaban J connectivity index is 1.83. The molecule has 1 N–H and O–H groups in total. The first-order valence-corrected chi connectivity index (χ1v) is 13.2. The largest absolute Gasteiger partial charge is 0.494 e. The highest BCUT2D eigenvalue weighted by molar-refractivity contribution is 7.91. The normalized spacial score (nSPS) is 13.2. The fourth-order valence-corrected chi connectivity index (χ4v) is 5.18. The lowest BCUT2D eigenvalue weighted by Crippen LogP contribution is -2.29. The fourth-order valence-electron chi connectivity index (χ4n) is 3.75. The molecule has 0 unspecified atom stereocenters. The molecule has 37 heavy (non-hydrogen) atoms. The van der Waals surface area contributed by atoms with Crippen molar-refractivity contribution < 1.29 is 23.0 Å². The van der Waals surface area contributed by atoms with E-state index in [-0.39, 0.29) is 16.7 Å². The number of ether oxygens (including phenoxy) is 2. The maximum absolute atomic E-state index is 13.5. The highest BCUT2D eigenvalue weighted by Crippen LogP contribution is 2.37. The number of sulfone groups is 1. The molecule has 0 aliphatic heterocycles. The molecule has 4 rings (SSSR count). The van der Waals surface area contributed by atoms with Crippen LogP contribution in [0.2, 0.25) is 5.02 Å². The SMILES string of the molecule is COc1cccc(OC)c1-n1c(CS(=O)(=O)[C@H](C)[C@H](O)c2ncc(Cl)cn2)nnc1-c1cncc(C)c1. The molecule has 0 saturated carbocycles. The predicted molar refractivity (Wildman–Crippen MR) is 137 cm³/mol. The Kier molecular flexibility index (Phi) is 7.71. The molecule has 0 amide bonds. The number of methoxy groups -OCH3 is 2. The number of hydrogen-bond donors (Lipinski definition) is 1. The topological polar surface area (TPSA) is 142 Å². The zero-order valence-electron chi connectivity index (χ0n) is 20.5. The minimum atomic E-state index is -4.00. The molecule has 0 aliphatic rings. The van der Waals surface area contributed by atoms with Gasteiger partial charge in [0.25, 0.3) is 0 Å². The Morgan fingerprint density at radius 1 is 1.05 bits per heavy atom. The third-order valence-electron chi connectivity index (χ3n) is 5.73. The van der Waals surface area contributed by atoms with Crippen molar-refractivity contribution in [2.75, 3.05) is 14.2 Å². The van der Waals surface area contributed by atoms with Gasteiger partial charge in [-0.1, -0.05) is 17.7 Å². The van der Waals surface area contributed by atoms with Crippen LogP contribution in [0.25, 0.3) is 17.1 Å². The van der Waals surface area contributed by atoms with Gasteiger partial charge in [-0.25, -0.2) is 18.4 Å². The average molecular weight is 545 g/mol. The van der Waals surface area contributed by atoms with Crippen LogP contribution in [-0.4, -0.2) is 62.7 Å². The van der Waals surface area contributed by atoms with E-state index in [9.17, 15) is 13.5 Å². The molecule has 0 spiro atoms. The molecule has 1 aromatic carbocycles.